The number of aromatic nitrogens is 2. The lowest BCUT2D eigenvalue weighted by atomic mass is 9.92. The summed E-state index contributed by atoms with van der Waals surface area (Å²) in [5.74, 6) is 0.395. The number of hydrogen-bond acceptors (Lipinski definition) is 4. The lowest BCUT2D eigenvalue weighted by molar-refractivity contribution is -0.376. The second-order valence-corrected chi connectivity index (χ2v) is 7.94. The van der Waals surface area contributed by atoms with E-state index >= 15 is 0 Å². The van der Waals surface area contributed by atoms with Crippen molar-refractivity contribution in [3.63, 3.8) is 0 Å². The zero-order valence-corrected chi connectivity index (χ0v) is 18.6. The molecule has 1 N–H and O–H groups in total. The fourth-order valence-corrected chi connectivity index (χ4v) is 3.92. The van der Waals surface area contributed by atoms with Crippen LogP contribution < -0.4 is 10.3 Å². The average molecular weight is 508 g/mol. The van der Waals surface area contributed by atoms with Gasteiger partial charge in [-0.1, -0.05) is 48.5 Å². The molecule has 0 amide bonds. The number of fused-ring (bicyclic) bond motifs is 1. The van der Waals surface area contributed by atoms with Crippen molar-refractivity contribution in [1.29, 1.82) is 0 Å². The SMILES string of the molecule is COc1cccc2nc(Cc3ccccc3)n(-c3ccc(C(O)(C(F)(F)F)C(F)(F)F)cc3)c(=O)c12. The summed E-state index contributed by atoms with van der Waals surface area (Å²) in [6.45, 7) is 0. The number of methoxy groups -OCH3 is 1. The first kappa shape index (κ1) is 25.2. The summed E-state index contributed by atoms with van der Waals surface area (Å²) in [7, 11) is 1.35. The van der Waals surface area contributed by atoms with Gasteiger partial charge < -0.3 is 9.84 Å². The summed E-state index contributed by atoms with van der Waals surface area (Å²) < 4.78 is 86.1. The van der Waals surface area contributed by atoms with Gasteiger partial charge >= 0.3 is 12.4 Å². The van der Waals surface area contributed by atoms with Gasteiger partial charge in [0.1, 0.15) is 17.0 Å². The van der Waals surface area contributed by atoms with Crippen molar-refractivity contribution in [2.24, 2.45) is 0 Å². The van der Waals surface area contributed by atoms with Crippen LogP contribution in [0.3, 0.4) is 0 Å². The van der Waals surface area contributed by atoms with Gasteiger partial charge in [-0.3, -0.25) is 9.36 Å². The van der Waals surface area contributed by atoms with Crippen molar-refractivity contribution in [2.45, 2.75) is 24.4 Å². The Labute approximate surface area is 200 Å². The number of benzene rings is 3. The molecule has 0 unspecified atom stereocenters. The fourth-order valence-electron chi connectivity index (χ4n) is 3.92. The molecule has 0 bridgehead atoms. The molecule has 1 heterocycles. The van der Waals surface area contributed by atoms with E-state index in [0.717, 1.165) is 22.3 Å². The predicted octanol–water partition coefficient (Wildman–Crippen LogP) is 5.30. The van der Waals surface area contributed by atoms with E-state index in [-0.39, 0.29) is 29.1 Å². The van der Waals surface area contributed by atoms with E-state index in [0.29, 0.717) is 17.6 Å². The number of hydrogen-bond donors (Lipinski definition) is 1. The Morgan fingerprint density at radius 2 is 1.47 bits per heavy atom. The van der Waals surface area contributed by atoms with Crippen LogP contribution in [0, 0.1) is 0 Å². The Morgan fingerprint density at radius 1 is 0.861 bits per heavy atom. The quantitative estimate of drug-likeness (QED) is 0.372. The lowest BCUT2D eigenvalue weighted by Crippen LogP contribution is -2.53. The van der Waals surface area contributed by atoms with E-state index in [1.54, 1.807) is 42.5 Å². The van der Waals surface area contributed by atoms with Gasteiger partial charge in [-0.05, 0) is 29.8 Å². The lowest BCUT2D eigenvalue weighted by Gasteiger charge is -2.32. The second-order valence-electron chi connectivity index (χ2n) is 7.94. The standard InChI is InChI=1S/C25H18F6N2O3/c1-36-19-9-5-8-18-21(19)22(34)33(20(32-18)14-15-6-3-2-4-7-15)17-12-10-16(11-13-17)23(35,24(26,27)28)25(29,30)31/h2-13,35H,14H2,1H3. The molecule has 0 saturated heterocycles. The molecule has 0 aliphatic carbocycles. The molecule has 3 aromatic carbocycles. The minimum Gasteiger partial charge on any atom is -0.496 e. The normalized spacial score (nSPS) is 12.7. The molecule has 0 saturated carbocycles. The summed E-state index contributed by atoms with van der Waals surface area (Å²) in [5.41, 5.74) is -6.11. The zero-order chi connectivity index (χ0) is 26.3. The molecular weight excluding hydrogens is 490 g/mol. The summed E-state index contributed by atoms with van der Waals surface area (Å²) >= 11 is 0. The maximum atomic E-state index is 13.6. The van der Waals surface area contributed by atoms with Crippen LogP contribution in [-0.2, 0) is 12.0 Å². The van der Waals surface area contributed by atoms with Crippen LogP contribution in [0.4, 0.5) is 26.3 Å². The van der Waals surface area contributed by atoms with Crippen LogP contribution in [0.1, 0.15) is 17.0 Å². The van der Waals surface area contributed by atoms with Gasteiger partial charge in [0.2, 0.25) is 0 Å². The average Bonchev–Trinajstić information content (AvgIpc) is 2.82. The highest BCUT2D eigenvalue weighted by Gasteiger charge is 2.71. The first-order valence-electron chi connectivity index (χ1n) is 10.5. The third kappa shape index (κ3) is 4.19. The molecule has 4 aromatic rings. The van der Waals surface area contributed by atoms with E-state index in [1.165, 1.54) is 13.2 Å². The first-order valence-corrected chi connectivity index (χ1v) is 10.5. The van der Waals surface area contributed by atoms with Crippen LogP contribution >= 0.6 is 0 Å². The van der Waals surface area contributed by atoms with Crippen LogP contribution in [0.15, 0.2) is 77.6 Å². The molecule has 188 valence electrons. The molecule has 11 heteroatoms. The van der Waals surface area contributed by atoms with Crippen molar-refractivity contribution >= 4 is 10.9 Å². The van der Waals surface area contributed by atoms with Crippen molar-refractivity contribution in [2.75, 3.05) is 7.11 Å². The Balaban J connectivity index is 1.94. The molecule has 0 aliphatic rings. The summed E-state index contributed by atoms with van der Waals surface area (Å²) in [4.78, 5) is 18.1. The van der Waals surface area contributed by atoms with E-state index in [9.17, 15) is 36.2 Å². The number of aliphatic hydroxyl groups is 1. The van der Waals surface area contributed by atoms with Gasteiger partial charge in [-0.2, -0.15) is 26.3 Å². The second kappa shape index (κ2) is 8.98. The van der Waals surface area contributed by atoms with Gasteiger partial charge in [0, 0.05) is 12.0 Å². The molecule has 5 nitrogen and oxygen atoms in total. The maximum absolute atomic E-state index is 13.6. The van der Waals surface area contributed by atoms with Crippen LogP contribution in [-0.4, -0.2) is 34.1 Å². The summed E-state index contributed by atoms with van der Waals surface area (Å²) in [5, 5.41) is 9.77. The first-order chi connectivity index (χ1) is 16.9. The van der Waals surface area contributed by atoms with E-state index < -0.39 is 29.1 Å². The number of ether oxygens (including phenoxy) is 1. The van der Waals surface area contributed by atoms with E-state index in [2.05, 4.69) is 4.98 Å². The van der Waals surface area contributed by atoms with Gasteiger partial charge in [0.15, 0.2) is 0 Å². The third-order valence-electron chi connectivity index (χ3n) is 5.72. The number of rotatable bonds is 5. The Hall–Kier alpha value is -3.86. The van der Waals surface area contributed by atoms with Gasteiger partial charge in [0.05, 0.1) is 18.3 Å². The van der Waals surface area contributed by atoms with Crippen LogP contribution in [0.25, 0.3) is 16.6 Å². The third-order valence-corrected chi connectivity index (χ3v) is 5.72. The molecule has 1 aromatic heterocycles. The Bertz CT molecular complexity index is 1430. The monoisotopic (exact) mass is 508 g/mol. The van der Waals surface area contributed by atoms with Gasteiger partial charge in [-0.15, -0.1) is 0 Å². The topological polar surface area (TPSA) is 64.3 Å². The van der Waals surface area contributed by atoms with Crippen molar-refractivity contribution in [3.8, 4) is 11.4 Å². The highest BCUT2D eigenvalue weighted by Crippen LogP contribution is 2.50. The fraction of sp³-hybridized carbons (Fsp3) is 0.200. The number of halogens is 6. The highest BCUT2D eigenvalue weighted by molar-refractivity contribution is 5.84. The molecular formula is C25H18F6N2O3. The van der Waals surface area contributed by atoms with E-state index in [4.69, 9.17) is 4.74 Å². The zero-order valence-electron chi connectivity index (χ0n) is 18.6. The highest BCUT2D eigenvalue weighted by atomic mass is 19.4. The molecule has 0 fully saturated rings. The smallest absolute Gasteiger partial charge is 0.430 e. The molecule has 0 aliphatic heterocycles. The van der Waals surface area contributed by atoms with Crippen molar-refractivity contribution in [1.82, 2.24) is 9.55 Å². The summed E-state index contributed by atoms with van der Waals surface area (Å²) in [6, 6.07) is 16.4. The molecule has 4 rings (SSSR count). The molecule has 36 heavy (non-hydrogen) atoms. The maximum Gasteiger partial charge on any atom is 0.430 e. The minimum absolute atomic E-state index is 0.0401. The van der Waals surface area contributed by atoms with Gasteiger partial charge in [0.25, 0.3) is 11.2 Å². The minimum atomic E-state index is -6.03. The van der Waals surface area contributed by atoms with Crippen LogP contribution in [0.2, 0.25) is 0 Å². The molecule has 0 radical (unpaired) electrons. The van der Waals surface area contributed by atoms with E-state index in [1.807, 2.05) is 0 Å². The predicted molar refractivity (Wildman–Crippen MR) is 119 cm³/mol. The number of nitrogens with zero attached hydrogens (tertiary/aromatic N) is 2. The van der Waals surface area contributed by atoms with Crippen molar-refractivity contribution in [3.05, 3.63) is 100 Å². The number of alkyl halides is 6. The largest absolute Gasteiger partial charge is 0.496 e. The molecule has 0 spiro atoms. The van der Waals surface area contributed by atoms with Gasteiger partial charge in [-0.25, -0.2) is 4.98 Å². The van der Waals surface area contributed by atoms with Crippen molar-refractivity contribution < 1.29 is 36.2 Å². The van der Waals surface area contributed by atoms with Crippen LogP contribution in [0.5, 0.6) is 5.75 Å². The molecule has 0 atom stereocenters. The Kier molecular flexibility index (Phi) is 6.29. The Morgan fingerprint density at radius 3 is 2.03 bits per heavy atom. The summed E-state index contributed by atoms with van der Waals surface area (Å²) in [6.07, 6.45) is -11.9.